The third-order valence-electron chi connectivity index (χ3n) is 2.51. The average Bonchev–Trinajstić information content (AvgIpc) is 2.28. The highest BCUT2D eigenvalue weighted by atomic mass is 16.5. The summed E-state index contributed by atoms with van der Waals surface area (Å²) in [4.78, 5) is 23.8. The van der Waals surface area contributed by atoms with E-state index < -0.39 is 11.8 Å². The van der Waals surface area contributed by atoms with Crippen molar-refractivity contribution < 1.29 is 19.4 Å². The first-order valence-electron chi connectivity index (χ1n) is 4.85. The lowest BCUT2D eigenvalue weighted by Gasteiger charge is -2.27. The molecule has 1 aromatic rings. The van der Waals surface area contributed by atoms with Crippen LogP contribution in [0.15, 0.2) is 18.2 Å². The Bertz CT molecular complexity index is 455. The number of fused-ring (bicyclic) bond motifs is 1. The highest BCUT2D eigenvalue weighted by Crippen LogP contribution is 2.31. The predicted octanol–water partition coefficient (Wildman–Crippen LogP) is 0.782. The summed E-state index contributed by atoms with van der Waals surface area (Å²) < 4.78 is 5.38. The van der Waals surface area contributed by atoms with E-state index in [2.05, 4.69) is 0 Å². The van der Waals surface area contributed by atoms with Crippen LogP contribution in [-0.2, 0) is 4.79 Å². The van der Waals surface area contributed by atoms with Crippen molar-refractivity contribution in [3.63, 3.8) is 0 Å². The van der Waals surface area contributed by atoms with Gasteiger partial charge in [-0.25, -0.2) is 4.79 Å². The summed E-state index contributed by atoms with van der Waals surface area (Å²) in [6, 6.07) is 4.67. The Morgan fingerprint density at radius 3 is 2.88 bits per heavy atom. The molecule has 0 fully saturated rings. The van der Waals surface area contributed by atoms with Gasteiger partial charge in [0.1, 0.15) is 12.4 Å². The smallest absolute Gasteiger partial charge is 0.377 e. The lowest BCUT2D eigenvalue weighted by molar-refractivity contribution is -0.131. The number of Topliss-reactive ketones (excluding diaryl/α,β-unsaturated/α-hetero) is 1. The average molecular weight is 221 g/mol. The molecule has 0 spiro atoms. The van der Waals surface area contributed by atoms with Gasteiger partial charge >= 0.3 is 5.97 Å². The number of ether oxygens (including phenoxy) is 1. The normalized spacial score (nSPS) is 13.9. The Morgan fingerprint density at radius 1 is 1.44 bits per heavy atom. The summed E-state index contributed by atoms with van der Waals surface area (Å²) in [6.07, 6.45) is 0. The van der Waals surface area contributed by atoms with Crippen LogP contribution in [-0.4, -0.2) is 37.1 Å². The number of hydrogen-bond donors (Lipinski definition) is 1. The second-order valence-corrected chi connectivity index (χ2v) is 3.59. The number of aliphatic carboxylic acids is 1. The molecule has 1 heterocycles. The lowest BCUT2D eigenvalue weighted by Crippen LogP contribution is -2.29. The summed E-state index contributed by atoms with van der Waals surface area (Å²) in [5.41, 5.74) is 1.01. The van der Waals surface area contributed by atoms with Gasteiger partial charge in [0, 0.05) is 12.6 Å². The molecular formula is C11H11NO4. The number of carboxylic acids is 1. The van der Waals surface area contributed by atoms with E-state index >= 15 is 0 Å². The predicted molar refractivity (Wildman–Crippen MR) is 57.2 cm³/mol. The molecule has 0 unspecified atom stereocenters. The zero-order valence-electron chi connectivity index (χ0n) is 8.77. The summed E-state index contributed by atoms with van der Waals surface area (Å²) >= 11 is 0. The maximum atomic E-state index is 11.2. The fraction of sp³-hybridized carbons (Fsp3) is 0.273. The quantitative estimate of drug-likeness (QED) is 0.590. The van der Waals surface area contributed by atoms with E-state index in [0.717, 1.165) is 12.2 Å². The molecule has 84 valence electrons. The minimum Gasteiger partial charge on any atom is -0.490 e. The number of anilines is 1. The number of likely N-dealkylation sites (N-methyl/N-ethyl adjacent to an activating group) is 1. The van der Waals surface area contributed by atoms with Gasteiger partial charge in [0.15, 0.2) is 0 Å². The molecule has 0 atom stereocenters. The first-order chi connectivity index (χ1) is 7.59. The van der Waals surface area contributed by atoms with Crippen LogP contribution in [0.25, 0.3) is 0 Å². The second kappa shape index (κ2) is 3.84. The second-order valence-electron chi connectivity index (χ2n) is 3.59. The topological polar surface area (TPSA) is 66.8 Å². The van der Waals surface area contributed by atoms with Crippen LogP contribution in [0.5, 0.6) is 5.75 Å². The summed E-state index contributed by atoms with van der Waals surface area (Å²) in [6.45, 7) is 1.31. The van der Waals surface area contributed by atoms with Gasteiger partial charge in [0.05, 0.1) is 12.2 Å². The number of carbonyl (C=O) groups excluding carboxylic acids is 1. The molecule has 5 heteroatoms. The molecule has 1 N–H and O–H groups in total. The van der Waals surface area contributed by atoms with Crippen molar-refractivity contribution in [1.82, 2.24) is 0 Å². The number of hydrogen-bond acceptors (Lipinski definition) is 4. The number of ketones is 1. The molecule has 5 nitrogen and oxygen atoms in total. The standard InChI is InChI=1S/C11H11NO4/c1-12-4-5-16-9-6-7(2-3-8(9)12)10(13)11(14)15/h2-3,6H,4-5H2,1H3,(H,14,15). The van der Waals surface area contributed by atoms with E-state index in [4.69, 9.17) is 9.84 Å². The number of carbonyl (C=O) groups is 2. The molecule has 0 aromatic heterocycles. The highest BCUT2D eigenvalue weighted by Gasteiger charge is 2.20. The fourth-order valence-electron chi connectivity index (χ4n) is 1.62. The van der Waals surface area contributed by atoms with E-state index in [0.29, 0.717) is 12.4 Å². The van der Waals surface area contributed by atoms with Crippen LogP contribution in [0.4, 0.5) is 5.69 Å². The minimum absolute atomic E-state index is 0.140. The molecule has 0 amide bonds. The summed E-state index contributed by atoms with van der Waals surface area (Å²) in [7, 11) is 1.92. The van der Waals surface area contributed by atoms with Crippen LogP contribution in [0.2, 0.25) is 0 Å². The maximum absolute atomic E-state index is 11.2. The molecule has 0 bridgehead atoms. The van der Waals surface area contributed by atoms with Crippen molar-refractivity contribution in [1.29, 1.82) is 0 Å². The van der Waals surface area contributed by atoms with Gasteiger partial charge in [-0.15, -0.1) is 0 Å². The molecule has 0 radical (unpaired) electrons. The molecule has 0 saturated heterocycles. The van der Waals surface area contributed by atoms with Crippen molar-refractivity contribution >= 4 is 17.4 Å². The van der Waals surface area contributed by atoms with Crippen LogP contribution < -0.4 is 9.64 Å². The zero-order valence-corrected chi connectivity index (χ0v) is 8.77. The minimum atomic E-state index is -1.45. The van der Waals surface area contributed by atoms with Gasteiger partial charge in [-0.2, -0.15) is 0 Å². The van der Waals surface area contributed by atoms with Gasteiger partial charge in [-0.3, -0.25) is 4.79 Å². The van der Waals surface area contributed by atoms with Crippen LogP contribution >= 0.6 is 0 Å². The molecule has 16 heavy (non-hydrogen) atoms. The Kier molecular flexibility index (Phi) is 2.52. The maximum Gasteiger partial charge on any atom is 0.377 e. The zero-order chi connectivity index (χ0) is 11.7. The molecule has 0 aliphatic carbocycles. The summed E-state index contributed by atoms with van der Waals surface area (Å²) in [5, 5.41) is 8.59. The molecule has 1 aromatic carbocycles. The first-order valence-corrected chi connectivity index (χ1v) is 4.85. The third-order valence-corrected chi connectivity index (χ3v) is 2.51. The van der Waals surface area contributed by atoms with Gasteiger partial charge in [0.25, 0.3) is 5.78 Å². The number of rotatable bonds is 2. The van der Waals surface area contributed by atoms with Gasteiger partial charge in [0.2, 0.25) is 0 Å². The Morgan fingerprint density at radius 2 is 2.19 bits per heavy atom. The van der Waals surface area contributed by atoms with Crippen molar-refractivity contribution in [2.45, 2.75) is 0 Å². The fourth-order valence-corrected chi connectivity index (χ4v) is 1.62. The highest BCUT2D eigenvalue weighted by molar-refractivity contribution is 6.39. The van der Waals surface area contributed by atoms with Crippen molar-refractivity contribution in [2.75, 3.05) is 25.1 Å². The van der Waals surface area contributed by atoms with Gasteiger partial charge in [-0.05, 0) is 18.2 Å². The number of nitrogens with zero attached hydrogens (tertiary/aromatic N) is 1. The Hall–Kier alpha value is -2.04. The van der Waals surface area contributed by atoms with Crippen LogP contribution in [0.1, 0.15) is 10.4 Å². The number of carboxylic acid groups (broad SMARTS) is 1. The first kappa shape index (κ1) is 10.5. The number of benzene rings is 1. The van der Waals surface area contributed by atoms with Crippen LogP contribution in [0, 0.1) is 0 Å². The Balaban J connectivity index is 2.39. The van der Waals surface area contributed by atoms with E-state index in [-0.39, 0.29) is 5.56 Å². The monoisotopic (exact) mass is 221 g/mol. The van der Waals surface area contributed by atoms with Gasteiger partial charge < -0.3 is 14.7 Å². The van der Waals surface area contributed by atoms with Gasteiger partial charge in [-0.1, -0.05) is 0 Å². The molecule has 1 aliphatic heterocycles. The molecular weight excluding hydrogens is 210 g/mol. The molecule has 1 aliphatic rings. The summed E-state index contributed by atoms with van der Waals surface area (Å²) in [5.74, 6) is -1.82. The third kappa shape index (κ3) is 1.71. The molecule has 0 saturated carbocycles. The van der Waals surface area contributed by atoms with E-state index in [1.807, 2.05) is 11.9 Å². The lowest BCUT2D eigenvalue weighted by atomic mass is 10.1. The molecule has 2 rings (SSSR count). The van der Waals surface area contributed by atoms with E-state index in [1.165, 1.54) is 12.1 Å². The Labute approximate surface area is 92.2 Å². The van der Waals surface area contributed by atoms with E-state index in [1.54, 1.807) is 6.07 Å². The van der Waals surface area contributed by atoms with Crippen molar-refractivity contribution in [3.8, 4) is 5.75 Å². The van der Waals surface area contributed by atoms with Crippen molar-refractivity contribution in [3.05, 3.63) is 23.8 Å². The van der Waals surface area contributed by atoms with Crippen LogP contribution in [0.3, 0.4) is 0 Å². The van der Waals surface area contributed by atoms with E-state index in [9.17, 15) is 9.59 Å². The van der Waals surface area contributed by atoms with Crippen molar-refractivity contribution in [2.24, 2.45) is 0 Å². The largest absolute Gasteiger partial charge is 0.490 e. The SMILES string of the molecule is CN1CCOc2cc(C(=O)C(=O)O)ccc21.